The van der Waals surface area contributed by atoms with Crippen molar-refractivity contribution < 1.29 is 17.6 Å². The van der Waals surface area contributed by atoms with Gasteiger partial charge in [0.05, 0.1) is 20.9 Å². The van der Waals surface area contributed by atoms with E-state index in [2.05, 4.69) is 4.99 Å². The monoisotopic (exact) mass is 452 g/mol. The van der Waals surface area contributed by atoms with Gasteiger partial charge in [-0.05, 0) is 43.0 Å². The molecule has 0 N–H and O–H groups in total. The summed E-state index contributed by atoms with van der Waals surface area (Å²) in [5.41, 5.74) is 0.837. The van der Waals surface area contributed by atoms with E-state index >= 15 is 0 Å². The fourth-order valence-corrected chi connectivity index (χ4v) is 5.65. The zero-order valence-corrected chi connectivity index (χ0v) is 18.3. The maximum Gasteiger partial charge on any atom is 0.248 e. The molecule has 3 aromatic rings. The minimum Gasteiger partial charge on any atom is -0.316 e. The van der Waals surface area contributed by atoms with Gasteiger partial charge >= 0.3 is 0 Å². The van der Waals surface area contributed by atoms with Crippen LogP contribution in [0.1, 0.15) is 12.8 Å². The number of hydrogen-bond donors (Lipinski definition) is 0. The van der Waals surface area contributed by atoms with E-state index in [0.717, 1.165) is 16.0 Å². The Labute approximate surface area is 177 Å². The number of hydrogen-bond acceptors (Lipinski definition) is 5. The van der Waals surface area contributed by atoms with Gasteiger partial charge in [0, 0.05) is 18.7 Å². The molecule has 1 heterocycles. The summed E-state index contributed by atoms with van der Waals surface area (Å²) in [7, 11) is -3.42. The number of thiazole rings is 1. The second-order valence-electron chi connectivity index (χ2n) is 6.38. The molecule has 0 aliphatic carbocycles. The number of thioether (sulfide) groups is 1. The van der Waals surface area contributed by atoms with E-state index < -0.39 is 9.84 Å². The molecule has 0 spiro atoms. The third-order valence-corrected chi connectivity index (χ3v) is 7.74. The standard InChI is InChI=1S/C20H21FN2O3S3/c1-27-12-11-23-17-10-9-15(21)14-18(17)28-20(23)22-19(24)8-5-13-29(25,26)16-6-3-2-4-7-16/h2-4,6-7,9-10,14H,5,8,11-13H2,1H3. The van der Waals surface area contributed by atoms with Gasteiger partial charge < -0.3 is 4.57 Å². The lowest BCUT2D eigenvalue weighted by Gasteiger charge is -2.04. The zero-order chi connectivity index (χ0) is 20.9. The largest absolute Gasteiger partial charge is 0.316 e. The number of carbonyl (C=O) groups is 1. The van der Waals surface area contributed by atoms with E-state index in [9.17, 15) is 17.6 Å². The number of nitrogens with zero attached hydrogens (tertiary/aromatic N) is 2. The van der Waals surface area contributed by atoms with Gasteiger partial charge in [0.1, 0.15) is 5.82 Å². The van der Waals surface area contributed by atoms with E-state index in [-0.39, 0.29) is 35.2 Å². The molecule has 1 aromatic heterocycles. The first-order valence-electron chi connectivity index (χ1n) is 9.04. The first-order valence-corrected chi connectivity index (χ1v) is 12.9. The van der Waals surface area contributed by atoms with Crippen molar-refractivity contribution in [3.8, 4) is 0 Å². The number of carbonyl (C=O) groups excluding carboxylic acids is 1. The first kappa shape index (κ1) is 21.7. The van der Waals surface area contributed by atoms with Gasteiger partial charge in [-0.2, -0.15) is 16.8 Å². The van der Waals surface area contributed by atoms with Crippen LogP contribution in [0.4, 0.5) is 4.39 Å². The minimum absolute atomic E-state index is 0.0389. The summed E-state index contributed by atoms with van der Waals surface area (Å²) in [5.74, 6) is 0.0143. The molecule has 0 aliphatic heterocycles. The number of sulfone groups is 1. The number of aromatic nitrogens is 1. The topological polar surface area (TPSA) is 68.5 Å². The molecule has 5 nitrogen and oxygen atoms in total. The highest BCUT2D eigenvalue weighted by Gasteiger charge is 2.15. The van der Waals surface area contributed by atoms with Crippen molar-refractivity contribution in [3.05, 3.63) is 59.1 Å². The predicted molar refractivity (Wildman–Crippen MR) is 116 cm³/mol. The molecule has 2 aromatic carbocycles. The fraction of sp³-hybridized carbons (Fsp3) is 0.300. The van der Waals surface area contributed by atoms with Crippen molar-refractivity contribution in [1.29, 1.82) is 0 Å². The normalized spacial score (nSPS) is 12.6. The van der Waals surface area contributed by atoms with E-state index in [1.165, 1.54) is 23.5 Å². The van der Waals surface area contributed by atoms with E-state index in [1.807, 2.05) is 10.8 Å². The second-order valence-corrected chi connectivity index (χ2v) is 10.5. The first-order chi connectivity index (χ1) is 13.9. The fourth-order valence-electron chi connectivity index (χ4n) is 2.85. The van der Waals surface area contributed by atoms with Crippen molar-refractivity contribution in [3.63, 3.8) is 0 Å². The van der Waals surface area contributed by atoms with Crippen LogP contribution < -0.4 is 4.80 Å². The number of rotatable bonds is 8. The zero-order valence-electron chi connectivity index (χ0n) is 15.9. The number of fused-ring (bicyclic) bond motifs is 1. The quantitative estimate of drug-likeness (QED) is 0.520. The number of aryl methyl sites for hydroxylation is 1. The lowest BCUT2D eigenvalue weighted by molar-refractivity contribution is -0.118. The van der Waals surface area contributed by atoms with Crippen LogP contribution in [0.3, 0.4) is 0 Å². The van der Waals surface area contributed by atoms with Crippen LogP contribution in [-0.2, 0) is 21.2 Å². The number of amides is 1. The average Bonchev–Trinajstić information content (AvgIpc) is 3.02. The molecule has 3 rings (SSSR count). The average molecular weight is 453 g/mol. The Morgan fingerprint density at radius 2 is 1.97 bits per heavy atom. The summed E-state index contributed by atoms with van der Waals surface area (Å²) in [6, 6.07) is 12.7. The molecule has 0 aliphatic rings. The van der Waals surface area contributed by atoms with Crippen molar-refractivity contribution in [2.45, 2.75) is 24.3 Å². The van der Waals surface area contributed by atoms with E-state index in [1.54, 1.807) is 48.2 Å². The van der Waals surface area contributed by atoms with Crippen LogP contribution in [0.2, 0.25) is 0 Å². The summed E-state index contributed by atoms with van der Waals surface area (Å²) in [6.07, 6.45) is 2.23. The Morgan fingerprint density at radius 1 is 1.21 bits per heavy atom. The Balaban J connectivity index is 1.75. The summed E-state index contributed by atoms with van der Waals surface area (Å²) in [4.78, 5) is 17.3. The lowest BCUT2D eigenvalue weighted by atomic mass is 10.3. The lowest BCUT2D eigenvalue weighted by Crippen LogP contribution is -2.18. The van der Waals surface area contributed by atoms with Crippen LogP contribution in [0.5, 0.6) is 0 Å². The van der Waals surface area contributed by atoms with Crippen LogP contribution in [0, 0.1) is 5.82 Å². The van der Waals surface area contributed by atoms with Gasteiger partial charge in [-0.25, -0.2) is 12.8 Å². The predicted octanol–water partition coefficient (Wildman–Crippen LogP) is 3.89. The van der Waals surface area contributed by atoms with Crippen LogP contribution in [-0.4, -0.2) is 36.7 Å². The van der Waals surface area contributed by atoms with Gasteiger partial charge in [-0.15, -0.1) is 0 Å². The highest BCUT2D eigenvalue weighted by Crippen LogP contribution is 2.19. The third kappa shape index (κ3) is 5.55. The Bertz CT molecular complexity index is 1170. The van der Waals surface area contributed by atoms with Crippen LogP contribution in [0.15, 0.2) is 58.4 Å². The molecular weight excluding hydrogens is 431 g/mol. The van der Waals surface area contributed by atoms with Crippen molar-refractivity contribution in [2.24, 2.45) is 4.99 Å². The molecule has 0 atom stereocenters. The van der Waals surface area contributed by atoms with E-state index in [0.29, 0.717) is 11.3 Å². The smallest absolute Gasteiger partial charge is 0.248 e. The molecule has 0 unspecified atom stereocenters. The Morgan fingerprint density at radius 3 is 2.69 bits per heavy atom. The highest BCUT2D eigenvalue weighted by atomic mass is 32.2. The highest BCUT2D eigenvalue weighted by molar-refractivity contribution is 7.98. The van der Waals surface area contributed by atoms with Gasteiger partial charge in [-0.1, -0.05) is 29.5 Å². The maximum atomic E-state index is 13.5. The van der Waals surface area contributed by atoms with Crippen molar-refractivity contribution in [1.82, 2.24) is 4.57 Å². The molecule has 0 saturated heterocycles. The molecule has 9 heteroatoms. The van der Waals surface area contributed by atoms with Crippen molar-refractivity contribution >= 4 is 49.1 Å². The number of benzene rings is 2. The summed E-state index contributed by atoms with van der Waals surface area (Å²) >= 11 is 2.93. The molecule has 1 amide bonds. The van der Waals surface area contributed by atoms with Crippen molar-refractivity contribution in [2.75, 3.05) is 17.8 Å². The molecule has 0 radical (unpaired) electrons. The Kier molecular flexibility index (Phi) is 7.26. The molecule has 0 fully saturated rings. The number of halogens is 1. The molecule has 0 bridgehead atoms. The third-order valence-electron chi connectivity index (χ3n) is 4.29. The van der Waals surface area contributed by atoms with E-state index in [4.69, 9.17) is 0 Å². The summed E-state index contributed by atoms with van der Waals surface area (Å²) in [6.45, 7) is 0.654. The molecular formula is C20H21FN2O3S3. The summed E-state index contributed by atoms with van der Waals surface area (Å²) < 4.78 is 40.8. The van der Waals surface area contributed by atoms with Gasteiger partial charge in [0.25, 0.3) is 0 Å². The Hall–Kier alpha value is -1.97. The van der Waals surface area contributed by atoms with Crippen LogP contribution in [0.25, 0.3) is 10.2 Å². The van der Waals surface area contributed by atoms with Gasteiger partial charge in [0.15, 0.2) is 14.6 Å². The second kappa shape index (κ2) is 9.69. The van der Waals surface area contributed by atoms with Gasteiger partial charge in [-0.3, -0.25) is 4.79 Å². The maximum absolute atomic E-state index is 13.5. The SMILES string of the molecule is CSCCn1c(=NC(=O)CCCS(=O)(=O)c2ccccc2)sc2cc(F)ccc21. The molecule has 154 valence electrons. The van der Waals surface area contributed by atoms with Crippen LogP contribution >= 0.6 is 23.1 Å². The molecule has 0 saturated carbocycles. The molecule has 29 heavy (non-hydrogen) atoms. The summed E-state index contributed by atoms with van der Waals surface area (Å²) in [5, 5.41) is 0. The minimum atomic E-state index is -3.42. The van der Waals surface area contributed by atoms with Gasteiger partial charge in [0.2, 0.25) is 5.91 Å².